The molecule has 0 amide bonds. The zero-order chi connectivity index (χ0) is 13.4. The van der Waals surface area contributed by atoms with Crippen molar-refractivity contribution in [3.8, 4) is 0 Å². The van der Waals surface area contributed by atoms with Gasteiger partial charge in [0.25, 0.3) is 0 Å². The Balaban J connectivity index is 2.67. The van der Waals surface area contributed by atoms with Crippen molar-refractivity contribution in [1.29, 1.82) is 0 Å². The van der Waals surface area contributed by atoms with Crippen molar-refractivity contribution in [1.82, 2.24) is 10.3 Å². The number of anilines is 1. The number of aromatic nitrogens is 1. The second-order valence-corrected chi connectivity index (χ2v) is 4.63. The van der Waals surface area contributed by atoms with Crippen LogP contribution in [0.1, 0.15) is 18.9 Å². The van der Waals surface area contributed by atoms with Crippen LogP contribution in [0.2, 0.25) is 5.02 Å². The van der Waals surface area contributed by atoms with E-state index in [0.29, 0.717) is 11.6 Å². The minimum Gasteiger partial charge on any atom is -0.383 e. The predicted molar refractivity (Wildman–Crippen MR) is 76.4 cm³/mol. The van der Waals surface area contributed by atoms with Crippen LogP contribution in [0.15, 0.2) is 12.3 Å². The van der Waals surface area contributed by atoms with Crippen molar-refractivity contribution >= 4 is 17.4 Å². The molecule has 1 aromatic heterocycles. The molecule has 1 rings (SSSR count). The van der Waals surface area contributed by atoms with Gasteiger partial charge in [-0.3, -0.25) is 0 Å². The predicted octanol–water partition coefficient (Wildman–Crippen LogP) is 2.32. The Morgan fingerprint density at radius 2 is 2.28 bits per heavy atom. The summed E-state index contributed by atoms with van der Waals surface area (Å²) >= 11 is 6.14. The van der Waals surface area contributed by atoms with Crippen LogP contribution < -0.4 is 10.2 Å². The van der Waals surface area contributed by atoms with Crippen LogP contribution in [0.5, 0.6) is 0 Å². The largest absolute Gasteiger partial charge is 0.383 e. The highest BCUT2D eigenvalue weighted by Crippen LogP contribution is 2.19. The van der Waals surface area contributed by atoms with Crippen molar-refractivity contribution in [2.75, 3.05) is 38.8 Å². The van der Waals surface area contributed by atoms with Gasteiger partial charge in [0.1, 0.15) is 5.82 Å². The van der Waals surface area contributed by atoms with E-state index < -0.39 is 0 Å². The number of methoxy groups -OCH3 is 1. The summed E-state index contributed by atoms with van der Waals surface area (Å²) in [6, 6.07) is 2.03. The molecule has 0 saturated carbocycles. The first kappa shape index (κ1) is 15.2. The van der Waals surface area contributed by atoms with Crippen LogP contribution in [0.3, 0.4) is 0 Å². The van der Waals surface area contributed by atoms with E-state index in [-0.39, 0.29) is 0 Å². The maximum Gasteiger partial charge on any atom is 0.128 e. The van der Waals surface area contributed by atoms with Crippen LogP contribution >= 0.6 is 11.6 Å². The molecule has 0 unspecified atom stereocenters. The molecule has 0 aromatic carbocycles. The number of rotatable bonds is 8. The normalized spacial score (nSPS) is 10.7. The summed E-state index contributed by atoms with van der Waals surface area (Å²) in [7, 11) is 3.70. The number of pyridine rings is 1. The summed E-state index contributed by atoms with van der Waals surface area (Å²) in [6.07, 6.45) is 2.83. The smallest absolute Gasteiger partial charge is 0.128 e. The Bertz CT molecular complexity index is 360. The summed E-state index contributed by atoms with van der Waals surface area (Å²) in [6.45, 7) is 5.41. The fourth-order valence-electron chi connectivity index (χ4n) is 1.55. The fraction of sp³-hybridized carbons (Fsp3) is 0.615. The lowest BCUT2D eigenvalue weighted by molar-refractivity contribution is 0.206. The summed E-state index contributed by atoms with van der Waals surface area (Å²) < 4.78 is 5.06. The number of nitrogens with one attached hydrogen (secondary N) is 1. The average molecular weight is 272 g/mol. The molecule has 0 aliphatic heterocycles. The topological polar surface area (TPSA) is 37.4 Å². The molecule has 4 nitrogen and oxygen atoms in total. The number of ether oxygens (including phenoxy) is 1. The van der Waals surface area contributed by atoms with E-state index in [0.717, 1.165) is 37.4 Å². The van der Waals surface area contributed by atoms with Gasteiger partial charge in [-0.25, -0.2) is 4.98 Å². The van der Waals surface area contributed by atoms with Gasteiger partial charge in [0.15, 0.2) is 0 Å². The molecule has 1 heterocycles. The number of hydrogen-bond donors (Lipinski definition) is 1. The minimum atomic E-state index is 0.685. The Kier molecular flexibility index (Phi) is 7.01. The molecule has 0 aliphatic carbocycles. The van der Waals surface area contributed by atoms with Crippen molar-refractivity contribution in [2.45, 2.75) is 19.9 Å². The molecular formula is C13H22ClN3O. The third kappa shape index (κ3) is 4.80. The molecule has 0 saturated heterocycles. The maximum absolute atomic E-state index is 6.14. The molecule has 0 fully saturated rings. The minimum absolute atomic E-state index is 0.685. The fourth-order valence-corrected chi connectivity index (χ4v) is 1.72. The second kappa shape index (κ2) is 8.29. The lowest BCUT2D eigenvalue weighted by Crippen LogP contribution is -2.23. The van der Waals surface area contributed by atoms with Gasteiger partial charge in [-0.2, -0.15) is 0 Å². The first-order chi connectivity index (χ1) is 8.69. The molecule has 102 valence electrons. The van der Waals surface area contributed by atoms with Gasteiger partial charge in [0.2, 0.25) is 0 Å². The van der Waals surface area contributed by atoms with Crippen LogP contribution in [0.25, 0.3) is 0 Å². The molecule has 1 N–H and O–H groups in total. The van der Waals surface area contributed by atoms with Gasteiger partial charge in [-0.15, -0.1) is 0 Å². The number of likely N-dealkylation sites (N-methyl/N-ethyl adjacent to an activating group) is 1. The zero-order valence-corrected chi connectivity index (χ0v) is 12.1. The quantitative estimate of drug-likeness (QED) is 0.737. The lowest BCUT2D eigenvalue weighted by atomic mass is 10.2. The van der Waals surface area contributed by atoms with E-state index in [1.54, 1.807) is 13.3 Å². The van der Waals surface area contributed by atoms with Gasteiger partial charge >= 0.3 is 0 Å². The van der Waals surface area contributed by atoms with E-state index in [9.17, 15) is 0 Å². The third-order valence-corrected chi connectivity index (χ3v) is 3.02. The Morgan fingerprint density at radius 3 is 2.94 bits per heavy atom. The van der Waals surface area contributed by atoms with Crippen molar-refractivity contribution in [3.63, 3.8) is 0 Å². The Morgan fingerprint density at radius 1 is 1.50 bits per heavy atom. The molecule has 0 radical (unpaired) electrons. The van der Waals surface area contributed by atoms with Crippen LogP contribution in [-0.2, 0) is 11.3 Å². The highest BCUT2D eigenvalue weighted by Gasteiger charge is 2.06. The SMILES string of the molecule is CCCNCc1cc(N(C)CCOC)ncc1Cl. The van der Waals surface area contributed by atoms with Gasteiger partial charge in [-0.05, 0) is 24.6 Å². The first-order valence-corrected chi connectivity index (χ1v) is 6.62. The monoisotopic (exact) mass is 271 g/mol. The van der Waals surface area contributed by atoms with Crippen molar-refractivity contribution in [2.24, 2.45) is 0 Å². The van der Waals surface area contributed by atoms with Crippen molar-refractivity contribution in [3.05, 3.63) is 22.8 Å². The molecule has 0 atom stereocenters. The van der Waals surface area contributed by atoms with Gasteiger partial charge < -0.3 is 15.0 Å². The summed E-state index contributed by atoms with van der Waals surface area (Å²) in [5, 5.41) is 4.06. The summed E-state index contributed by atoms with van der Waals surface area (Å²) in [5.74, 6) is 0.921. The van der Waals surface area contributed by atoms with Crippen molar-refractivity contribution < 1.29 is 4.74 Å². The highest BCUT2D eigenvalue weighted by atomic mass is 35.5. The first-order valence-electron chi connectivity index (χ1n) is 6.24. The molecule has 0 spiro atoms. The van der Waals surface area contributed by atoms with E-state index in [2.05, 4.69) is 22.1 Å². The van der Waals surface area contributed by atoms with Crippen LogP contribution in [0.4, 0.5) is 5.82 Å². The van der Waals surface area contributed by atoms with Crippen LogP contribution in [-0.4, -0.2) is 38.8 Å². The molecule has 1 aromatic rings. The number of halogens is 1. The molecular weight excluding hydrogens is 250 g/mol. The standard InChI is InChI=1S/C13H22ClN3O/c1-4-5-15-9-11-8-13(16-10-12(11)14)17(2)6-7-18-3/h8,10,15H,4-7,9H2,1-3H3. The van der Waals surface area contributed by atoms with Gasteiger partial charge in [-0.1, -0.05) is 18.5 Å². The number of nitrogens with zero attached hydrogens (tertiary/aromatic N) is 2. The summed E-state index contributed by atoms with van der Waals surface area (Å²) in [5.41, 5.74) is 1.08. The maximum atomic E-state index is 6.14. The van der Waals surface area contributed by atoms with E-state index in [1.165, 1.54) is 0 Å². The van der Waals surface area contributed by atoms with E-state index >= 15 is 0 Å². The van der Waals surface area contributed by atoms with Crippen LogP contribution in [0, 0.1) is 0 Å². The molecule has 18 heavy (non-hydrogen) atoms. The lowest BCUT2D eigenvalue weighted by Gasteiger charge is -2.18. The zero-order valence-electron chi connectivity index (χ0n) is 11.4. The number of hydrogen-bond acceptors (Lipinski definition) is 4. The highest BCUT2D eigenvalue weighted by molar-refractivity contribution is 6.31. The Labute approximate surface area is 114 Å². The van der Waals surface area contributed by atoms with Gasteiger partial charge in [0, 0.05) is 33.4 Å². The van der Waals surface area contributed by atoms with Gasteiger partial charge in [0.05, 0.1) is 11.6 Å². The molecule has 0 bridgehead atoms. The van der Waals surface area contributed by atoms with E-state index in [1.807, 2.05) is 13.1 Å². The molecule has 5 heteroatoms. The van der Waals surface area contributed by atoms with E-state index in [4.69, 9.17) is 16.3 Å². The Hall–Kier alpha value is -0.840. The second-order valence-electron chi connectivity index (χ2n) is 4.23. The average Bonchev–Trinajstić information content (AvgIpc) is 2.38. The summed E-state index contributed by atoms with van der Waals surface area (Å²) in [4.78, 5) is 6.39. The third-order valence-electron chi connectivity index (χ3n) is 2.68. The molecule has 0 aliphatic rings.